The van der Waals surface area contributed by atoms with Crippen molar-refractivity contribution in [3.05, 3.63) is 30.3 Å². The maximum Gasteiger partial charge on any atom is 0.303 e. The molecule has 0 bridgehead atoms. The third-order valence-corrected chi connectivity index (χ3v) is 4.52. The molecule has 1 amide bonds. The van der Waals surface area contributed by atoms with Crippen LogP contribution in [0.15, 0.2) is 30.3 Å². The van der Waals surface area contributed by atoms with Crippen LogP contribution in [0.2, 0.25) is 0 Å². The Balaban J connectivity index is 1.93. The first-order valence-electron chi connectivity index (χ1n) is 8.77. The Labute approximate surface area is 138 Å². The lowest BCUT2D eigenvalue weighted by molar-refractivity contribution is -0.137. The minimum Gasteiger partial charge on any atom is -0.481 e. The van der Waals surface area contributed by atoms with Crippen LogP contribution in [-0.4, -0.2) is 23.0 Å². The molecule has 0 radical (unpaired) electrons. The molecular formula is C19H27NO3. The third-order valence-electron chi connectivity index (χ3n) is 4.52. The van der Waals surface area contributed by atoms with Crippen molar-refractivity contribution in [2.24, 2.45) is 0 Å². The van der Waals surface area contributed by atoms with Crippen LogP contribution in [0.1, 0.15) is 64.2 Å². The molecule has 0 heterocycles. The highest BCUT2D eigenvalue weighted by molar-refractivity contribution is 5.93. The van der Waals surface area contributed by atoms with E-state index in [2.05, 4.69) is 0 Å². The first-order chi connectivity index (χ1) is 11.2. The largest absolute Gasteiger partial charge is 0.481 e. The van der Waals surface area contributed by atoms with Crippen molar-refractivity contribution < 1.29 is 14.7 Å². The molecular weight excluding hydrogens is 290 g/mol. The Hall–Kier alpha value is -1.84. The third kappa shape index (κ3) is 5.70. The minimum atomic E-state index is -0.760. The zero-order chi connectivity index (χ0) is 16.5. The summed E-state index contributed by atoms with van der Waals surface area (Å²) in [6, 6.07) is 10.3. The number of rotatable bonds is 8. The van der Waals surface area contributed by atoms with Gasteiger partial charge in [-0.3, -0.25) is 9.59 Å². The van der Waals surface area contributed by atoms with E-state index >= 15 is 0 Å². The zero-order valence-electron chi connectivity index (χ0n) is 13.7. The quantitative estimate of drug-likeness (QED) is 0.724. The molecule has 0 aromatic heterocycles. The number of aliphatic carboxylic acids is 1. The molecule has 1 aromatic rings. The van der Waals surface area contributed by atoms with E-state index in [0.717, 1.165) is 31.4 Å². The van der Waals surface area contributed by atoms with Crippen molar-refractivity contribution in [2.45, 2.75) is 70.3 Å². The lowest BCUT2D eigenvalue weighted by Gasteiger charge is -2.34. The number of para-hydroxylation sites is 1. The van der Waals surface area contributed by atoms with Gasteiger partial charge in [-0.25, -0.2) is 0 Å². The van der Waals surface area contributed by atoms with Gasteiger partial charge in [-0.15, -0.1) is 0 Å². The van der Waals surface area contributed by atoms with E-state index in [1.165, 1.54) is 19.3 Å². The van der Waals surface area contributed by atoms with Crippen molar-refractivity contribution in [3.63, 3.8) is 0 Å². The number of unbranched alkanes of at least 4 members (excludes halogenated alkanes) is 2. The van der Waals surface area contributed by atoms with Gasteiger partial charge < -0.3 is 10.0 Å². The fourth-order valence-corrected chi connectivity index (χ4v) is 3.34. The number of hydrogen-bond acceptors (Lipinski definition) is 2. The molecule has 2 rings (SSSR count). The normalized spacial score (nSPS) is 15.3. The first-order valence-corrected chi connectivity index (χ1v) is 8.77. The van der Waals surface area contributed by atoms with Gasteiger partial charge in [0, 0.05) is 24.6 Å². The monoisotopic (exact) mass is 317 g/mol. The molecule has 1 saturated carbocycles. The summed E-state index contributed by atoms with van der Waals surface area (Å²) in [5, 5.41) is 8.65. The van der Waals surface area contributed by atoms with Crippen LogP contribution in [0, 0.1) is 0 Å². The second-order valence-corrected chi connectivity index (χ2v) is 6.35. The summed E-state index contributed by atoms with van der Waals surface area (Å²) in [5.74, 6) is -0.581. The first kappa shape index (κ1) is 17.5. The van der Waals surface area contributed by atoms with Gasteiger partial charge in [0.1, 0.15) is 0 Å². The summed E-state index contributed by atoms with van der Waals surface area (Å²) in [4.78, 5) is 25.3. The number of nitrogens with zero attached hydrogens (tertiary/aromatic N) is 1. The number of carboxylic acids is 1. The van der Waals surface area contributed by atoms with Crippen molar-refractivity contribution in [3.8, 4) is 0 Å². The molecule has 0 unspecified atom stereocenters. The average molecular weight is 317 g/mol. The van der Waals surface area contributed by atoms with E-state index in [1.807, 2.05) is 35.2 Å². The Morgan fingerprint density at radius 1 is 0.957 bits per heavy atom. The number of amides is 1. The van der Waals surface area contributed by atoms with Crippen molar-refractivity contribution in [2.75, 3.05) is 4.90 Å². The topological polar surface area (TPSA) is 57.6 Å². The summed E-state index contributed by atoms with van der Waals surface area (Å²) < 4.78 is 0. The van der Waals surface area contributed by atoms with E-state index in [1.54, 1.807) is 0 Å². The number of carbonyl (C=O) groups is 2. The molecule has 4 nitrogen and oxygen atoms in total. The van der Waals surface area contributed by atoms with Gasteiger partial charge in [0.05, 0.1) is 0 Å². The molecule has 1 aromatic carbocycles. The predicted octanol–water partition coefficient (Wildman–Crippen LogP) is 4.39. The molecule has 0 spiro atoms. The number of anilines is 1. The Morgan fingerprint density at radius 3 is 2.26 bits per heavy atom. The Bertz CT molecular complexity index is 495. The zero-order valence-corrected chi connectivity index (χ0v) is 13.7. The van der Waals surface area contributed by atoms with Crippen LogP contribution in [-0.2, 0) is 9.59 Å². The summed E-state index contributed by atoms with van der Waals surface area (Å²) in [7, 11) is 0. The van der Waals surface area contributed by atoms with Crippen LogP contribution in [0.4, 0.5) is 5.69 Å². The minimum absolute atomic E-state index is 0.179. The molecule has 1 aliphatic rings. The highest BCUT2D eigenvalue weighted by Crippen LogP contribution is 2.28. The lowest BCUT2D eigenvalue weighted by Crippen LogP contribution is -2.41. The number of carboxylic acid groups (broad SMARTS) is 1. The average Bonchev–Trinajstić information content (AvgIpc) is 2.56. The molecule has 4 heteroatoms. The van der Waals surface area contributed by atoms with Crippen molar-refractivity contribution in [1.82, 2.24) is 0 Å². The van der Waals surface area contributed by atoms with Gasteiger partial charge in [-0.2, -0.15) is 0 Å². The maximum atomic E-state index is 12.7. The van der Waals surface area contributed by atoms with Crippen molar-refractivity contribution >= 4 is 17.6 Å². The molecule has 23 heavy (non-hydrogen) atoms. The van der Waals surface area contributed by atoms with Crippen LogP contribution >= 0.6 is 0 Å². The smallest absolute Gasteiger partial charge is 0.303 e. The van der Waals surface area contributed by atoms with Crippen LogP contribution < -0.4 is 4.90 Å². The highest BCUT2D eigenvalue weighted by Gasteiger charge is 2.26. The van der Waals surface area contributed by atoms with E-state index in [0.29, 0.717) is 18.9 Å². The van der Waals surface area contributed by atoms with E-state index in [4.69, 9.17) is 5.11 Å². The van der Waals surface area contributed by atoms with E-state index < -0.39 is 5.97 Å². The fraction of sp³-hybridized carbons (Fsp3) is 0.579. The van der Waals surface area contributed by atoms with Crippen LogP contribution in [0.3, 0.4) is 0 Å². The molecule has 0 atom stereocenters. The van der Waals surface area contributed by atoms with Gasteiger partial charge in [-0.05, 0) is 37.8 Å². The SMILES string of the molecule is O=C(O)CCCCCC(=O)N(c1ccccc1)C1CCCCC1. The van der Waals surface area contributed by atoms with Crippen LogP contribution in [0.25, 0.3) is 0 Å². The molecule has 1 fully saturated rings. The number of carbonyl (C=O) groups excluding carboxylic acids is 1. The van der Waals surface area contributed by atoms with E-state index in [-0.39, 0.29) is 12.3 Å². The Kier molecular flexibility index (Phi) is 7.11. The molecule has 0 aliphatic heterocycles. The van der Waals surface area contributed by atoms with E-state index in [9.17, 15) is 9.59 Å². The highest BCUT2D eigenvalue weighted by atomic mass is 16.4. The van der Waals surface area contributed by atoms with Gasteiger partial charge in [0.25, 0.3) is 0 Å². The van der Waals surface area contributed by atoms with Crippen molar-refractivity contribution in [1.29, 1.82) is 0 Å². The van der Waals surface area contributed by atoms with Crippen LogP contribution in [0.5, 0.6) is 0 Å². The molecule has 126 valence electrons. The van der Waals surface area contributed by atoms with Gasteiger partial charge in [0.2, 0.25) is 5.91 Å². The van der Waals surface area contributed by atoms with Gasteiger partial charge in [-0.1, -0.05) is 43.9 Å². The fourth-order valence-electron chi connectivity index (χ4n) is 3.34. The van der Waals surface area contributed by atoms with Gasteiger partial charge >= 0.3 is 5.97 Å². The second-order valence-electron chi connectivity index (χ2n) is 6.35. The standard InChI is InChI=1S/C19H27NO3/c21-18(14-8-3-9-15-19(22)23)20(16-10-4-1-5-11-16)17-12-6-2-7-13-17/h1,4-5,10-11,17H,2-3,6-9,12-15H2,(H,22,23). The lowest BCUT2D eigenvalue weighted by atomic mass is 9.93. The number of hydrogen-bond donors (Lipinski definition) is 1. The predicted molar refractivity (Wildman–Crippen MR) is 91.5 cm³/mol. The summed E-state index contributed by atoms with van der Waals surface area (Å²) in [6.45, 7) is 0. The van der Waals surface area contributed by atoms with Gasteiger partial charge in [0.15, 0.2) is 0 Å². The maximum absolute atomic E-state index is 12.7. The molecule has 1 N–H and O–H groups in total. The number of benzene rings is 1. The second kappa shape index (κ2) is 9.33. The molecule has 0 saturated heterocycles. The summed E-state index contributed by atoms with van der Waals surface area (Å²) in [5.41, 5.74) is 0.995. The Morgan fingerprint density at radius 2 is 1.61 bits per heavy atom. The summed E-state index contributed by atoms with van der Waals surface area (Å²) in [6.07, 6.45) is 8.73. The molecule has 1 aliphatic carbocycles. The summed E-state index contributed by atoms with van der Waals surface area (Å²) >= 11 is 0.